The van der Waals surface area contributed by atoms with Gasteiger partial charge in [0.2, 0.25) is 0 Å². The van der Waals surface area contributed by atoms with E-state index in [0.717, 1.165) is 22.4 Å². The first-order valence-electron chi connectivity index (χ1n) is 9.06. The molecule has 0 amide bonds. The van der Waals surface area contributed by atoms with Gasteiger partial charge in [-0.25, -0.2) is 9.89 Å². The normalized spacial score (nSPS) is 11.1. The van der Waals surface area contributed by atoms with E-state index in [2.05, 4.69) is 10.2 Å². The summed E-state index contributed by atoms with van der Waals surface area (Å²) >= 11 is 4.86. The van der Waals surface area contributed by atoms with Gasteiger partial charge in [0.25, 0.3) is 10.7 Å². The Morgan fingerprint density at radius 1 is 1.34 bits per heavy atom. The molecule has 29 heavy (non-hydrogen) atoms. The van der Waals surface area contributed by atoms with Gasteiger partial charge in [-0.1, -0.05) is 0 Å². The molecule has 0 fully saturated rings. The van der Waals surface area contributed by atoms with Crippen LogP contribution >= 0.6 is 12.2 Å². The van der Waals surface area contributed by atoms with Crippen molar-refractivity contribution in [3.8, 4) is 5.75 Å². The molecule has 3 aromatic heterocycles. The van der Waals surface area contributed by atoms with Gasteiger partial charge in [-0.2, -0.15) is 0 Å². The minimum Gasteiger partial charge on any atom is -0.484 e. The Hall–Kier alpha value is -3.33. The molecule has 0 spiro atoms. The van der Waals surface area contributed by atoms with Crippen LogP contribution in [-0.2, 0) is 17.9 Å². The van der Waals surface area contributed by atoms with Crippen LogP contribution < -0.4 is 4.74 Å². The molecule has 0 atom stereocenters. The van der Waals surface area contributed by atoms with Gasteiger partial charge in [0.1, 0.15) is 11.5 Å². The SMILES string of the molecule is CCOC(=O)c1c(C)n(Cc2ccco2)c2ccc(OCc3n[nH]c(=S)o3)cc12. The van der Waals surface area contributed by atoms with Gasteiger partial charge >= 0.3 is 5.97 Å². The minimum absolute atomic E-state index is 0.111. The molecule has 3 heterocycles. The number of carbonyl (C=O) groups is 1. The maximum absolute atomic E-state index is 12.6. The third-order valence-electron chi connectivity index (χ3n) is 4.51. The zero-order valence-corrected chi connectivity index (χ0v) is 16.7. The molecular formula is C20H19N3O5S. The lowest BCUT2D eigenvalue weighted by atomic mass is 10.1. The number of H-pyrrole nitrogens is 1. The minimum atomic E-state index is -0.372. The van der Waals surface area contributed by atoms with Crippen LogP contribution in [0.1, 0.15) is 34.6 Å². The van der Waals surface area contributed by atoms with E-state index in [9.17, 15) is 4.79 Å². The van der Waals surface area contributed by atoms with Crippen molar-refractivity contribution in [1.82, 2.24) is 14.8 Å². The van der Waals surface area contributed by atoms with E-state index in [1.54, 1.807) is 13.2 Å². The van der Waals surface area contributed by atoms with Gasteiger partial charge in [0.15, 0.2) is 6.61 Å². The molecule has 0 saturated heterocycles. The number of fused-ring (bicyclic) bond motifs is 1. The molecular weight excluding hydrogens is 394 g/mol. The first-order valence-corrected chi connectivity index (χ1v) is 9.47. The quantitative estimate of drug-likeness (QED) is 0.354. The van der Waals surface area contributed by atoms with Crippen LogP contribution in [0.4, 0.5) is 0 Å². The highest BCUT2D eigenvalue weighted by atomic mass is 32.1. The Morgan fingerprint density at radius 3 is 2.90 bits per heavy atom. The third kappa shape index (κ3) is 3.81. The monoisotopic (exact) mass is 413 g/mol. The number of nitrogens with one attached hydrogen (secondary N) is 1. The number of hydrogen-bond acceptors (Lipinski definition) is 7. The van der Waals surface area contributed by atoms with Crippen LogP contribution in [0.25, 0.3) is 10.9 Å². The number of carbonyl (C=O) groups excluding carboxylic acids is 1. The maximum Gasteiger partial charge on any atom is 0.340 e. The largest absolute Gasteiger partial charge is 0.484 e. The zero-order chi connectivity index (χ0) is 20.4. The first-order chi connectivity index (χ1) is 14.1. The summed E-state index contributed by atoms with van der Waals surface area (Å²) in [5, 5.41) is 7.21. The van der Waals surface area contributed by atoms with Crippen LogP contribution in [0, 0.1) is 11.8 Å². The highest BCUT2D eigenvalue weighted by molar-refractivity contribution is 7.71. The second kappa shape index (κ2) is 7.96. The summed E-state index contributed by atoms with van der Waals surface area (Å²) in [5.41, 5.74) is 2.19. The topological polar surface area (TPSA) is 95.4 Å². The second-order valence-corrected chi connectivity index (χ2v) is 6.69. The number of aromatic nitrogens is 3. The van der Waals surface area contributed by atoms with E-state index < -0.39 is 0 Å². The lowest BCUT2D eigenvalue weighted by molar-refractivity contribution is 0.0527. The Labute approximate surface area is 171 Å². The van der Waals surface area contributed by atoms with Gasteiger partial charge in [-0.05, 0) is 56.4 Å². The molecule has 4 aromatic rings. The smallest absolute Gasteiger partial charge is 0.340 e. The summed E-state index contributed by atoms with van der Waals surface area (Å²) < 4.78 is 23.7. The zero-order valence-electron chi connectivity index (χ0n) is 15.9. The molecule has 0 aliphatic heterocycles. The van der Waals surface area contributed by atoms with E-state index in [-0.39, 0.29) is 17.4 Å². The fourth-order valence-electron chi connectivity index (χ4n) is 3.24. The molecule has 0 unspecified atom stereocenters. The first kappa shape index (κ1) is 19.0. The number of nitrogens with zero attached hydrogens (tertiary/aromatic N) is 2. The predicted molar refractivity (Wildman–Crippen MR) is 106 cm³/mol. The predicted octanol–water partition coefficient (Wildman–Crippen LogP) is 4.39. The highest BCUT2D eigenvalue weighted by Gasteiger charge is 2.22. The third-order valence-corrected chi connectivity index (χ3v) is 4.69. The van der Waals surface area contributed by atoms with Crippen molar-refractivity contribution in [3.63, 3.8) is 0 Å². The van der Waals surface area contributed by atoms with Crippen molar-refractivity contribution in [2.24, 2.45) is 0 Å². The molecule has 4 rings (SSSR count). The van der Waals surface area contributed by atoms with E-state index in [1.165, 1.54) is 0 Å². The summed E-state index contributed by atoms with van der Waals surface area (Å²) in [6, 6.07) is 9.28. The lowest BCUT2D eigenvalue weighted by Gasteiger charge is -2.07. The molecule has 0 aliphatic carbocycles. The molecule has 0 saturated carbocycles. The van der Waals surface area contributed by atoms with Crippen LogP contribution in [0.15, 0.2) is 45.4 Å². The number of furan rings is 1. The van der Waals surface area contributed by atoms with Crippen molar-refractivity contribution in [1.29, 1.82) is 0 Å². The number of hydrogen-bond donors (Lipinski definition) is 1. The molecule has 8 nitrogen and oxygen atoms in total. The van der Waals surface area contributed by atoms with E-state index in [1.807, 2.05) is 41.8 Å². The van der Waals surface area contributed by atoms with E-state index >= 15 is 0 Å². The van der Waals surface area contributed by atoms with E-state index in [0.29, 0.717) is 30.4 Å². The van der Waals surface area contributed by atoms with Crippen LogP contribution in [0.2, 0.25) is 0 Å². The highest BCUT2D eigenvalue weighted by Crippen LogP contribution is 2.31. The van der Waals surface area contributed by atoms with Crippen LogP contribution in [-0.4, -0.2) is 27.3 Å². The summed E-state index contributed by atoms with van der Waals surface area (Å²) in [6.07, 6.45) is 1.63. The molecule has 0 radical (unpaired) electrons. The van der Waals surface area contributed by atoms with Crippen molar-refractivity contribution in [3.05, 3.63) is 64.3 Å². The number of esters is 1. The number of aromatic amines is 1. The molecule has 150 valence electrons. The fourth-order valence-corrected chi connectivity index (χ4v) is 3.38. The van der Waals surface area contributed by atoms with Crippen molar-refractivity contribution in [2.75, 3.05) is 6.61 Å². The second-order valence-electron chi connectivity index (χ2n) is 6.32. The summed E-state index contributed by atoms with van der Waals surface area (Å²) in [4.78, 5) is 12.8. The Morgan fingerprint density at radius 2 is 2.21 bits per heavy atom. The van der Waals surface area contributed by atoms with Crippen molar-refractivity contribution < 1.29 is 23.1 Å². The summed E-state index contributed by atoms with van der Waals surface area (Å²) in [6.45, 7) is 4.58. The Balaban J connectivity index is 1.73. The summed E-state index contributed by atoms with van der Waals surface area (Å²) in [5.74, 6) is 1.33. The standard InChI is InChI=1S/C20H19N3O5S/c1-3-25-19(24)18-12(2)23(10-14-5-4-8-26-14)16-7-6-13(9-15(16)18)27-11-17-21-22-20(29)28-17/h4-9H,3,10-11H2,1-2H3,(H,22,29). The summed E-state index contributed by atoms with van der Waals surface area (Å²) in [7, 11) is 0. The van der Waals surface area contributed by atoms with Crippen LogP contribution in [0.3, 0.4) is 0 Å². The van der Waals surface area contributed by atoms with Crippen molar-refractivity contribution in [2.45, 2.75) is 27.0 Å². The van der Waals surface area contributed by atoms with Gasteiger partial charge in [-0.3, -0.25) is 0 Å². The molecule has 9 heteroatoms. The number of ether oxygens (including phenoxy) is 2. The van der Waals surface area contributed by atoms with Crippen LogP contribution in [0.5, 0.6) is 5.75 Å². The van der Waals surface area contributed by atoms with Gasteiger partial charge in [-0.15, -0.1) is 5.10 Å². The molecule has 1 aromatic carbocycles. The van der Waals surface area contributed by atoms with Crippen molar-refractivity contribution >= 4 is 29.1 Å². The molecule has 0 bridgehead atoms. The average molecular weight is 413 g/mol. The molecule has 0 aliphatic rings. The number of rotatable bonds is 7. The maximum atomic E-state index is 12.6. The number of benzene rings is 1. The van der Waals surface area contributed by atoms with E-state index in [4.69, 9.17) is 30.5 Å². The molecule has 1 N–H and O–H groups in total. The fraction of sp³-hybridized carbons (Fsp3) is 0.250. The van der Waals surface area contributed by atoms with Gasteiger partial charge in [0.05, 0.1) is 25.0 Å². The Kier molecular flexibility index (Phi) is 5.22. The van der Waals surface area contributed by atoms with Gasteiger partial charge in [0, 0.05) is 16.6 Å². The lowest BCUT2D eigenvalue weighted by Crippen LogP contribution is -2.08. The Bertz CT molecular complexity index is 1200. The average Bonchev–Trinajstić information content (AvgIpc) is 3.41. The van der Waals surface area contributed by atoms with Gasteiger partial charge < -0.3 is 22.9 Å².